The third-order valence-electron chi connectivity index (χ3n) is 2.98. The van der Waals surface area contributed by atoms with E-state index in [4.69, 9.17) is 9.47 Å². The molecule has 0 aliphatic heterocycles. The van der Waals surface area contributed by atoms with Crippen LogP contribution in [0.2, 0.25) is 0 Å². The Hall–Kier alpha value is -1.25. The molecule has 0 aromatic carbocycles. The molecular formula is C13H20O3. The van der Waals surface area contributed by atoms with Crippen LogP contribution in [0.25, 0.3) is 0 Å². The van der Waals surface area contributed by atoms with Crippen LogP contribution in [0.3, 0.4) is 0 Å². The molecule has 0 unspecified atom stereocenters. The molecule has 0 radical (unpaired) electrons. The zero-order valence-electron chi connectivity index (χ0n) is 9.91. The first-order chi connectivity index (χ1) is 7.79. The molecule has 0 aromatic heterocycles. The van der Waals surface area contributed by atoms with Crippen molar-refractivity contribution in [2.75, 3.05) is 13.7 Å². The second-order valence-electron chi connectivity index (χ2n) is 3.99. The van der Waals surface area contributed by atoms with Crippen LogP contribution in [0.5, 0.6) is 0 Å². The van der Waals surface area contributed by atoms with E-state index in [0.717, 1.165) is 18.4 Å². The summed E-state index contributed by atoms with van der Waals surface area (Å²) < 4.78 is 9.84. The predicted octanol–water partition coefficient (Wildman–Crippen LogP) is 2.83. The van der Waals surface area contributed by atoms with Crippen molar-refractivity contribution in [3.8, 4) is 0 Å². The van der Waals surface area contributed by atoms with Gasteiger partial charge in [-0.05, 0) is 24.8 Å². The number of carbonyl (C=O) groups is 1. The number of carbonyl (C=O) groups excluding carboxylic acids is 1. The van der Waals surface area contributed by atoms with E-state index in [9.17, 15) is 4.79 Å². The minimum atomic E-state index is -0.223. The van der Waals surface area contributed by atoms with Crippen LogP contribution in [0.4, 0.5) is 0 Å². The van der Waals surface area contributed by atoms with Gasteiger partial charge in [-0.15, -0.1) is 0 Å². The van der Waals surface area contributed by atoms with Gasteiger partial charge in [-0.3, -0.25) is 0 Å². The number of methoxy groups -OCH3 is 1. The van der Waals surface area contributed by atoms with E-state index in [1.54, 1.807) is 0 Å². The van der Waals surface area contributed by atoms with E-state index in [1.165, 1.54) is 32.6 Å². The first-order valence-electron chi connectivity index (χ1n) is 5.80. The molecule has 0 saturated heterocycles. The van der Waals surface area contributed by atoms with Crippen LogP contribution in [0.1, 0.15) is 32.1 Å². The Morgan fingerprint density at radius 1 is 1.38 bits per heavy atom. The van der Waals surface area contributed by atoms with Gasteiger partial charge in [-0.1, -0.05) is 25.8 Å². The number of ether oxygens (including phenoxy) is 2. The molecule has 1 saturated carbocycles. The first-order valence-corrected chi connectivity index (χ1v) is 5.80. The second-order valence-corrected chi connectivity index (χ2v) is 3.99. The largest absolute Gasteiger partial charge is 0.498 e. The van der Waals surface area contributed by atoms with Gasteiger partial charge in [0.15, 0.2) is 0 Å². The highest BCUT2D eigenvalue weighted by atomic mass is 16.5. The summed E-state index contributed by atoms with van der Waals surface area (Å²) in [6, 6.07) is 0. The molecule has 0 amide bonds. The maximum Gasteiger partial charge on any atom is 0.333 e. The fraction of sp³-hybridized carbons (Fsp3) is 0.615. The zero-order chi connectivity index (χ0) is 11.8. The van der Waals surface area contributed by atoms with Crippen molar-refractivity contribution < 1.29 is 14.3 Å². The molecule has 0 heterocycles. The number of rotatable bonds is 5. The van der Waals surface area contributed by atoms with Gasteiger partial charge in [-0.25, -0.2) is 4.79 Å². The van der Waals surface area contributed by atoms with Gasteiger partial charge in [0, 0.05) is 5.57 Å². The summed E-state index contributed by atoms with van der Waals surface area (Å²) in [7, 11) is 1.42. The third-order valence-corrected chi connectivity index (χ3v) is 2.98. The van der Waals surface area contributed by atoms with Crippen LogP contribution >= 0.6 is 0 Å². The van der Waals surface area contributed by atoms with Gasteiger partial charge in [0.1, 0.15) is 6.61 Å². The first kappa shape index (κ1) is 12.8. The summed E-state index contributed by atoms with van der Waals surface area (Å²) in [6.45, 7) is 3.86. The highest BCUT2D eigenvalue weighted by molar-refractivity contribution is 5.88. The topological polar surface area (TPSA) is 35.5 Å². The molecule has 3 nitrogen and oxygen atoms in total. The standard InChI is InChI=1S/C13H20O3/c1-3-16-10-9-12(13(14)15-2)11-7-5-4-6-8-11/h3,9,11H,1,4-8,10H2,2H3. The zero-order valence-corrected chi connectivity index (χ0v) is 9.91. The Balaban J connectivity index is 2.64. The fourth-order valence-electron chi connectivity index (χ4n) is 2.15. The van der Waals surface area contributed by atoms with Gasteiger partial charge >= 0.3 is 5.97 Å². The minimum absolute atomic E-state index is 0.223. The van der Waals surface area contributed by atoms with Crippen molar-refractivity contribution in [3.63, 3.8) is 0 Å². The summed E-state index contributed by atoms with van der Waals surface area (Å²) in [5.41, 5.74) is 0.768. The van der Waals surface area contributed by atoms with Crippen molar-refractivity contribution >= 4 is 5.97 Å². The van der Waals surface area contributed by atoms with E-state index in [-0.39, 0.29) is 5.97 Å². The van der Waals surface area contributed by atoms with Gasteiger partial charge in [0.05, 0.1) is 13.4 Å². The Bertz CT molecular complexity index is 262. The van der Waals surface area contributed by atoms with Crippen molar-refractivity contribution in [2.24, 2.45) is 5.92 Å². The SMILES string of the molecule is C=COCC=C(C(=O)OC)C1CCCCC1. The Morgan fingerprint density at radius 3 is 2.62 bits per heavy atom. The predicted molar refractivity (Wildman–Crippen MR) is 62.8 cm³/mol. The average Bonchev–Trinajstić information content (AvgIpc) is 2.35. The minimum Gasteiger partial charge on any atom is -0.498 e. The van der Waals surface area contributed by atoms with Crippen LogP contribution < -0.4 is 0 Å². The lowest BCUT2D eigenvalue weighted by atomic mass is 9.83. The molecule has 0 N–H and O–H groups in total. The van der Waals surface area contributed by atoms with Crippen molar-refractivity contribution in [2.45, 2.75) is 32.1 Å². The number of esters is 1. The normalized spacial score (nSPS) is 17.9. The number of hydrogen-bond donors (Lipinski definition) is 0. The fourth-order valence-corrected chi connectivity index (χ4v) is 2.15. The molecule has 0 atom stereocenters. The van der Waals surface area contributed by atoms with Crippen molar-refractivity contribution in [3.05, 3.63) is 24.5 Å². The summed E-state index contributed by atoms with van der Waals surface area (Å²) in [5, 5.41) is 0. The molecule has 1 aliphatic carbocycles. The van der Waals surface area contributed by atoms with E-state index in [0.29, 0.717) is 12.5 Å². The second kappa shape index (κ2) is 7.09. The smallest absolute Gasteiger partial charge is 0.333 e. The lowest BCUT2D eigenvalue weighted by Gasteiger charge is -2.23. The van der Waals surface area contributed by atoms with Crippen molar-refractivity contribution in [1.82, 2.24) is 0 Å². The highest BCUT2D eigenvalue weighted by Crippen LogP contribution is 2.30. The Kier molecular flexibility index (Phi) is 5.68. The molecule has 1 fully saturated rings. The van der Waals surface area contributed by atoms with E-state index >= 15 is 0 Å². The van der Waals surface area contributed by atoms with E-state index in [1.807, 2.05) is 6.08 Å². The van der Waals surface area contributed by atoms with Crippen molar-refractivity contribution in [1.29, 1.82) is 0 Å². The molecule has 0 spiro atoms. The molecule has 16 heavy (non-hydrogen) atoms. The highest BCUT2D eigenvalue weighted by Gasteiger charge is 2.23. The Labute approximate surface area is 97.1 Å². The lowest BCUT2D eigenvalue weighted by Crippen LogP contribution is -2.18. The summed E-state index contributed by atoms with van der Waals surface area (Å²) in [4.78, 5) is 11.6. The molecule has 3 heteroatoms. The van der Waals surface area contributed by atoms with Crippen LogP contribution in [0, 0.1) is 5.92 Å². The van der Waals surface area contributed by atoms with E-state index < -0.39 is 0 Å². The van der Waals surface area contributed by atoms with Gasteiger partial charge in [0.25, 0.3) is 0 Å². The molecule has 1 rings (SSSR count). The quantitative estimate of drug-likeness (QED) is 0.312. The average molecular weight is 224 g/mol. The number of hydrogen-bond acceptors (Lipinski definition) is 3. The summed E-state index contributed by atoms with van der Waals surface area (Å²) in [6.07, 6.45) is 9.02. The molecule has 0 aromatic rings. The molecule has 90 valence electrons. The molecular weight excluding hydrogens is 204 g/mol. The summed E-state index contributed by atoms with van der Waals surface area (Å²) >= 11 is 0. The van der Waals surface area contributed by atoms with Gasteiger partial charge in [-0.2, -0.15) is 0 Å². The maximum atomic E-state index is 11.6. The van der Waals surface area contributed by atoms with Gasteiger partial charge in [0.2, 0.25) is 0 Å². The summed E-state index contributed by atoms with van der Waals surface area (Å²) in [5.74, 6) is 0.120. The van der Waals surface area contributed by atoms with Crippen LogP contribution in [-0.2, 0) is 14.3 Å². The molecule has 1 aliphatic rings. The molecule has 0 bridgehead atoms. The third kappa shape index (κ3) is 3.72. The lowest BCUT2D eigenvalue weighted by molar-refractivity contribution is -0.136. The Morgan fingerprint density at radius 2 is 2.06 bits per heavy atom. The monoisotopic (exact) mass is 224 g/mol. The van der Waals surface area contributed by atoms with Crippen LogP contribution in [-0.4, -0.2) is 19.7 Å². The van der Waals surface area contributed by atoms with E-state index in [2.05, 4.69) is 6.58 Å². The van der Waals surface area contributed by atoms with Crippen LogP contribution in [0.15, 0.2) is 24.5 Å². The maximum absolute atomic E-state index is 11.6. The van der Waals surface area contributed by atoms with Gasteiger partial charge < -0.3 is 9.47 Å².